The van der Waals surface area contributed by atoms with E-state index >= 15 is 0 Å². The van der Waals surface area contributed by atoms with E-state index in [9.17, 15) is 0 Å². The SMILES string of the molecule is CC[Si](CC)(CC)OC[C]1[CH][CH][CH][N]1.C[C]1[C](C)[C](C)[C](C)[C]1C.[Fe+2]. The molecule has 0 atom stereocenters. The molecule has 4 heteroatoms. The van der Waals surface area contributed by atoms with Gasteiger partial charge in [-0.15, -0.1) is 0 Å². The molecule has 10 radical (unpaired) electrons. The molecule has 1 aliphatic carbocycles. The van der Waals surface area contributed by atoms with Crippen LogP contribution in [0.1, 0.15) is 55.4 Å². The van der Waals surface area contributed by atoms with E-state index in [1.54, 1.807) is 0 Å². The van der Waals surface area contributed by atoms with Crippen molar-refractivity contribution in [2.24, 2.45) is 0 Å². The Morgan fingerprint density at radius 2 is 1.20 bits per heavy atom. The van der Waals surface area contributed by atoms with Gasteiger partial charge >= 0.3 is 17.1 Å². The first-order chi connectivity index (χ1) is 11.3. The van der Waals surface area contributed by atoms with Crippen molar-refractivity contribution in [2.75, 3.05) is 6.61 Å². The van der Waals surface area contributed by atoms with E-state index in [1.807, 2.05) is 19.4 Å². The molecule has 0 bridgehead atoms. The second-order valence-electron chi connectivity index (χ2n) is 6.79. The third kappa shape index (κ3) is 6.96. The van der Waals surface area contributed by atoms with Gasteiger partial charge in [0.05, 0.1) is 12.6 Å². The quantitative estimate of drug-likeness (QED) is 0.524. The van der Waals surface area contributed by atoms with Gasteiger partial charge in [-0.1, -0.05) is 55.4 Å². The Kier molecular flexibility index (Phi) is 12.5. The summed E-state index contributed by atoms with van der Waals surface area (Å²) in [4.78, 5) is 0. The maximum absolute atomic E-state index is 6.10. The summed E-state index contributed by atoms with van der Waals surface area (Å²) >= 11 is 0. The van der Waals surface area contributed by atoms with Crippen LogP contribution < -0.4 is 5.32 Å². The molecular weight excluding hydrogens is 366 g/mol. The van der Waals surface area contributed by atoms with Crippen molar-refractivity contribution < 1.29 is 21.5 Å². The number of hydrogen-bond acceptors (Lipinski definition) is 1. The van der Waals surface area contributed by atoms with Crippen molar-refractivity contribution in [3.05, 3.63) is 55.0 Å². The number of nitrogens with zero attached hydrogens (tertiary/aromatic N) is 1. The summed E-state index contributed by atoms with van der Waals surface area (Å²) < 4.78 is 6.10. The average Bonchev–Trinajstić information content (AvgIpc) is 3.19. The Labute approximate surface area is 170 Å². The summed E-state index contributed by atoms with van der Waals surface area (Å²) in [5, 5.41) is 4.22. The summed E-state index contributed by atoms with van der Waals surface area (Å²) in [5.74, 6) is 7.34. The van der Waals surface area contributed by atoms with Gasteiger partial charge in [-0.05, 0) is 60.6 Å². The van der Waals surface area contributed by atoms with Crippen molar-refractivity contribution in [2.45, 2.75) is 73.5 Å². The molecule has 0 amide bonds. The molecule has 0 aromatic rings. The van der Waals surface area contributed by atoms with Gasteiger partial charge in [-0.2, -0.15) is 0 Å². The van der Waals surface area contributed by atoms with Crippen LogP contribution in [0.25, 0.3) is 0 Å². The minimum Gasteiger partial charge on any atom is -0.415 e. The maximum Gasteiger partial charge on any atom is 2.00 e. The smallest absolute Gasteiger partial charge is 0.415 e. The van der Waals surface area contributed by atoms with Crippen LogP contribution in [0.2, 0.25) is 18.1 Å². The van der Waals surface area contributed by atoms with Gasteiger partial charge in [0.25, 0.3) is 0 Å². The molecule has 2 aliphatic rings. The van der Waals surface area contributed by atoms with Crippen molar-refractivity contribution in [1.82, 2.24) is 5.32 Å². The summed E-state index contributed by atoms with van der Waals surface area (Å²) in [6.45, 7) is 20.3. The van der Waals surface area contributed by atoms with Crippen LogP contribution in [0.3, 0.4) is 0 Å². The van der Waals surface area contributed by atoms with Crippen molar-refractivity contribution in [3.63, 3.8) is 0 Å². The zero-order chi connectivity index (χ0) is 18.3. The molecule has 2 fully saturated rings. The number of hydrogen-bond donors (Lipinski definition) is 0. The minimum absolute atomic E-state index is 0. The molecule has 0 spiro atoms. The Morgan fingerprint density at radius 3 is 1.48 bits per heavy atom. The van der Waals surface area contributed by atoms with Gasteiger partial charge in [0.1, 0.15) is 0 Å². The van der Waals surface area contributed by atoms with Crippen molar-refractivity contribution in [1.29, 1.82) is 0 Å². The molecular formula is C21H35FeNOSi+2. The fraction of sp³-hybridized carbons (Fsp3) is 0.571. The van der Waals surface area contributed by atoms with Gasteiger partial charge < -0.3 is 4.43 Å². The van der Waals surface area contributed by atoms with Gasteiger partial charge in [0.2, 0.25) is 0 Å². The van der Waals surface area contributed by atoms with Crippen molar-refractivity contribution in [3.8, 4) is 0 Å². The molecule has 0 aromatic carbocycles. The zero-order valence-electron chi connectivity index (χ0n) is 17.3. The summed E-state index contributed by atoms with van der Waals surface area (Å²) in [6.07, 6.45) is 3.99. The van der Waals surface area contributed by atoms with E-state index in [1.165, 1.54) is 47.7 Å². The van der Waals surface area contributed by atoms with E-state index in [0.29, 0.717) is 6.61 Å². The first-order valence-corrected chi connectivity index (χ1v) is 11.7. The third-order valence-corrected chi connectivity index (χ3v) is 10.5. The van der Waals surface area contributed by atoms with E-state index in [-0.39, 0.29) is 17.1 Å². The largest absolute Gasteiger partial charge is 2.00 e. The van der Waals surface area contributed by atoms with E-state index < -0.39 is 8.32 Å². The van der Waals surface area contributed by atoms with E-state index in [0.717, 1.165) is 6.04 Å². The molecule has 140 valence electrons. The molecule has 0 N–H and O–H groups in total. The number of rotatable bonds is 6. The Morgan fingerprint density at radius 1 is 0.800 bits per heavy atom. The van der Waals surface area contributed by atoms with Crippen LogP contribution in [-0.4, -0.2) is 14.9 Å². The topological polar surface area (TPSA) is 23.3 Å². The summed E-state index contributed by atoms with van der Waals surface area (Å²) in [7, 11) is -1.41. The minimum atomic E-state index is -1.41. The molecule has 1 heterocycles. The first-order valence-electron chi connectivity index (χ1n) is 9.22. The van der Waals surface area contributed by atoms with Gasteiger partial charge in [-0.3, -0.25) is 0 Å². The Bertz CT molecular complexity index is 292. The van der Waals surface area contributed by atoms with E-state index in [4.69, 9.17) is 4.43 Å². The van der Waals surface area contributed by atoms with Gasteiger partial charge in [0, 0.05) is 6.54 Å². The molecule has 1 saturated carbocycles. The van der Waals surface area contributed by atoms with Crippen molar-refractivity contribution >= 4 is 8.32 Å². The average molecular weight is 401 g/mol. The molecule has 25 heavy (non-hydrogen) atoms. The fourth-order valence-electron chi connectivity index (χ4n) is 3.11. The molecule has 1 aliphatic heterocycles. The Balaban J connectivity index is 0.000000465. The summed E-state index contributed by atoms with van der Waals surface area (Å²) in [5.41, 5.74) is 0. The van der Waals surface area contributed by atoms with Gasteiger partial charge in [0.15, 0.2) is 8.32 Å². The van der Waals surface area contributed by atoms with Crippen LogP contribution in [0.4, 0.5) is 0 Å². The fourth-order valence-corrected chi connectivity index (χ4v) is 5.68. The Hall–Kier alpha value is 0.656. The van der Waals surface area contributed by atoms with Crippen LogP contribution in [0, 0.1) is 55.0 Å². The van der Waals surface area contributed by atoms with Gasteiger partial charge in [-0.25, -0.2) is 5.32 Å². The van der Waals surface area contributed by atoms with Crippen LogP contribution in [0.15, 0.2) is 0 Å². The molecule has 0 unspecified atom stereocenters. The van der Waals surface area contributed by atoms with E-state index in [2.05, 4.69) is 60.7 Å². The zero-order valence-corrected chi connectivity index (χ0v) is 19.4. The predicted molar refractivity (Wildman–Crippen MR) is 106 cm³/mol. The van der Waals surface area contributed by atoms with Crippen LogP contribution in [-0.2, 0) is 21.5 Å². The third-order valence-electron chi connectivity index (χ3n) is 5.89. The maximum atomic E-state index is 6.10. The first kappa shape index (κ1) is 25.7. The van der Waals surface area contributed by atoms with Crippen LogP contribution in [0.5, 0.6) is 0 Å². The molecule has 0 aromatic heterocycles. The predicted octanol–water partition coefficient (Wildman–Crippen LogP) is 5.70. The second-order valence-corrected chi connectivity index (χ2v) is 11.6. The molecule has 1 saturated heterocycles. The summed E-state index contributed by atoms with van der Waals surface area (Å²) in [6, 6.07) is 4.69. The molecule has 2 rings (SSSR count). The standard InChI is InChI=1S/C11H20NOSi.C10H15.Fe/c1-4-14(5-2,6-3)13-10-11-8-7-9-12-11;1-6-7(2)9(4)10(5)8(6)3;/h7-9H,4-6,10H2,1-3H3;1-5H3;/q;;+2. The van der Waals surface area contributed by atoms with Crippen LogP contribution >= 0.6 is 0 Å². The molecule has 2 nitrogen and oxygen atoms in total. The monoisotopic (exact) mass is 401 g/mol. The second kappa shape index (κ2) is 12.2. The normalized spacial score (nSPS) is 22.1.